The second-order valence-corrected chi connectivity index (χ2v) is 9.16. The van der Waals surface area contributed by atoms with E-state index in [1.54, 1.807) is 17.1 Å². The first-order valence-electron chi connectivity index (χ1n) is 11.8. The molecule has 0 spiro atoms. The van der Waals surface area contributed by atoms with E-state index in [-0.39, 0.29) is 5.56 Å². The average Bonchev–Trinajstić information content (AvgIpc) is 3.19. The Morgan fingerprint density at radius 3 is 2.74 bits per heavy atom. The molecule has 4 heterocycles. The summed E-state index contributed by atoms with van der Waals surface area (Å²) in [6.07, 6.45) is 8.81. The number of piperidine rings is 1. The Kier molecular flexibility index (Phi) is 5.89. The first kappa shape index (κ1) is 21.9. The number of aromatic nitrogens is 4. The molecular formula is C27H28N6O. The van der Waals surface area contributed by atoms with E-state index in [1.807, 2.05) is 42.7 Å². The fourth-order valence-electron chi connectivity index (χ4n) is 4.77. The summed E-state index contributed by atoms with van der Waals surface area (Å²) in [5.74, 6) is 0.828. The second kappa shape index (κ2) is 9.14. The lowest BCUT2D eigenvalue weighted by molar-refractivity contribution is 0.565. The van der Waals surface area contributed by atoms with Gasteiger partial charge in [0.1, 0.15) is 28.5 Å². The van der Waals surface area contributed by atoms with Gasteiger partial charge in [-0.3, -0.25) is 14.3 Å². The van der Waals surface area contributed by atoms with Gasteiger partial charge in [0.25, 0.3) is 5.56 Å². The standard InChI is InChI=1S/C27H28N6O/c1-19(2)10-14-33-25-24(22(16-28)26(33)31-12-4-3-5-13-31)30-18-32(27(25)34)17-20-8-9-23-21(15-20)7-6-11-29-23/h6-11,15,18H,3-5,12-14,17H2,1-2H3. The third kappa shape index (κ3) is 3.96. The van der Waals surface area contributed by atoms with Crippen molar-refractivity contribution in [2.45, 2.75) is 46.2 Å². The largest absolute Gasteiger partial charge is 0.357 e. The van der Waals surface area contributed by atoms with Crippen molar-refractivity contribution in [3.8, 4) is 6.07 Å². The van der Waals surface area contributed by atoms with Crippen molar-refractivity contribution in [1.29, 1.82) is 5.26 Å². The Morgan fingerprint density at radius 2 is 1.97 bits per heavy atom. The van der Waals surface area contributed by atoms with E-state index < -0.39 is 0 Å². The van der Waals surface area contributed by atoms with Crippen LogP contribution in [-0.4, -0.2) is 32.2 Å². The Bertz CT molecular complexity index is 1490. The van der Waals surface area contributed by atoms with Gasteiger partial charge in [-0.05, 0) is 56.9 Å². The lowest BCUT2D eigenvalue weighted by atomic mass is 10.1. The smallest absolute Gasteiger partial charge is 0.278 e. The molecule has 7 nitrogen and oxygen atoms in total. The second-order valence-electron chi connectivity index (χ2n) is 9.16. The summed E-state index contributed by atoms with van der Waals surface area (Å²) >= 11 is 0. The van der Waals surface area contributed by atoms with E-state index in [0.717, 1.165) is 48.2 Å². The van der Waals surface area contributed by atoms with E-state index in [2.05, 4.69) is 33.1 Å². The van der Waals surface area contributed by atoms with E-state index >= 15 is 0 Å². The van der Waals surface area contributed by atoms with Crippen molar-refractivity contribution in [3.05, 3.63) is 76.0 Å². The summed E-state index contributed by atoms with van der Waals surface area (Å²) in [6, 6.07) is 12.3. The fourth-order valence-corrected chi connectivity index (χ4v) is 4.77. The van der Waals surface area contributed by atoms with Crippen LogP contribution in [0.25, 0.3) is 21.9 Å². The molecule has 0 unspecified atom stereocenters. The molecule has 7 heteroatoms. The highest BCUT2D eigenvalue weighted by Crippen LogP contribution is 2.32. The van der Waals surface area contributed by atoms with Crippen LogP contribution in [0.15, 0.2) is 59.3 Å². The minimum absolute atomic E-state index is 0.127. The van der Waals surface area contributed by atoms with Gasteiger partial charge in [0.15, 0.2) is 0 Å². The molecule has 1 aliphatic heterocycles. The fraction of sp³-hybridized carbons (Fsp3) is 0.333. The molecule has 172 valence electrons. The molecule has 1 aliphatic rings. The molecular weight excluding hydrogens is 424 g/mol. The SMILES string of the molecule is CC(C)=CCn1c(N2CCCCC2)c(C#N)c2ncn(Cc3ccc4ncccc4c3)c(=O)c21. The van der Waals surface area contributed by atoms with Crippen LogP contribution in [0.1, 0.15) is 44.2 Å². The van der Waals surface area contributed by atoms with Gasteiger partial charge in [0, 0.05) is 31.2 Å². The molecule has 5 rings (SSSR count). The number of fused-ring (bicyclic) bond motifs is 2. The van der Waals surface area contributed by atoms with E-state index in [1.165, 1.54) is 12.0 Å². The third-order valence-electron chi connectivity index (χ3n) is 6.47. The van der Waals surface area contributed by atoms with Gasteiger partial charge in [-0.1, -0.05) is 23.8 Å². The maximum atomic E-state index is 13.8. The maximum Gasteiger partial charge on any atom is 0.278 e. The van der Waals surface area contributed by atoms with E-state index in [0.29, 0.717) is 29.7 Å². The van der Waals surface area contributed by atoms with Gasteiger partial charge >= 0.3 is 0 Å². The van der Waals surface area contributed by atoms with Gasteiger partial charge in [-0.15, -0.1) is 0 Å². The summed E-state index contributed by atoms with van der Waals surface area (Å²) in [4.78, 5) is 25.0. The highest BCUT2D eigenvalue weighted by molar-refractivity contribution is 5.89. The van der Waals surface area contributed by atoms with Gasteiger partial charge in [0.2, 0.25) is 0 Å². The minimum atomic E-state index is -0.127. The molecule has 0 amide bonds. The highest BCUT2D eigenvalue weighted by Gasteiger charge is 2.26. The van der Waals surface area contributed by atoms with Crippen LogP contribution in [0.5, 0.6) is 0 Å². The zero-order valence-corrected chi connectivity index (χ0v) is 19.7. The zero-order valence-electron chi connectivity index (χ0n) is 19.7. The number of nitriles is 1. The van der Waals surface area contributed by atoms with Crippen LogP contribution in [0.2, 0.25) is 0 Å². The van der Waals surface area contributed by atoms with Gasteiger partial charge in [-0.25, -0.2) is 4.98 Å². The lowest BCUT2D eigenvalue weighted by Crippen LogP contribution is -2.32. The first-order valence-corrected chi connectivity index (χ1v) is 11.8. The van der Waals surface area contributed by atoms with Crippen molar-refractivity contribution in [3.63, 3.8) is 0 Å². The molecule has 0 aliphatic carbocycles. The molecule has 0 bridgehead atoms. The first-order chi connectivity index (χ1) is 16.6. The Balaban J connectivity index is 1.66. The van der Waals surface area contributed by atoms with E-state index in [9.17, 15) is 10.1 Å². The topological polar surface area (TPSA) is 79.7 Å². The van der Waals surface area contributed by atoms with Crippen LogP contribution in [0.4, 0.5) is 5.82 Å². The monoisotopic (exact) mass is 452 g/mol. The van der Waals surface area contributed by atoms with Crippen molar-refractivity contribution in [1.82, 2.24) is 19.1 Å². The summed E-state index contributed by atoms with van der Waals surface area (Å²) in [7, 11) is 0. The number of benzene rings is 1. The summed E-state index contributed by atoms with van der Waals surface area (Å²) < 4.78 is 3.64. The van der Waals surface area contributed by atoms with E-state index in [4.69, 9.17) is 0 Å². The predicted molar refractivity (Wildman–Crippen MR) is 135 cm³/mol. The number of anilines is 1. The number of hydrogen-bond donors (Lipinski definition) is 0. The molecule has 1 aromatic carbocycles. The van der Waals surface area contributed by atoms with Crippen LogP contribution in [0.3, 0.4) is 0 Å². The normalized spacial score (nSPS) is 13.9. The summed E-state index contributed by atoms with van der Waals surface area (Å²) in [6.45, 7) is 6.81. The number of allylic oxidation sites excluding steroid dienone is 2. The van der Waals surface area contributed by atoms with Crippen molar-refractivity contribution in [2.75, 3.05) is 18.0 Å². The third-order valence-corrected chi connectivity index (χ3v) is 6.47. The molecule has 0 atom stereocenters. The summed E-state index contributed by atoms with van der Waals surface area (Å²) in [5.41, 5.74) is 4.46. The molecule has 34 heavy (non-hydrogen) atoms. The molecule has 0 saturated carbocycles. The number of hydrogen-bond acceptors (Lipinski definition) is 5. The molecule has 3 aromatic heterocycles. The Morgan fingerprint density at radius 1 is 1.15 bits per heavy atom. The van der Waals surface area contributed by atoms with Crippen molar-refractivity contribution < 1.29 is 0 Å². The Labute approximate surface area is 198 Å². The van der Waals surface area contributed by atoms with Crippen LogP contribution < -0.4 is 10.5 Å². The molecule has 4 aromatic rings. The molecule has 1 saturated heterocycles. The minimum Gasteiger partial charge on any atom is -0.357 e. The van der Waals surface area contributed by atoms with Gasteiger partial charge < -0.3 is 9.47 Å². The Hall–Kier alpha value is -3.92. The van der Waals surface area contributed by atoms with Crippen LogP contribution in [0, 0.1) is 11.3 Å². The number of pyridine rings is 1. The maximum absolute atomic E-state index is 13.8. The molecule has 1 fully saturated rings. The molecule has 0 radical (unpaired) electrons. The number of nitrogens with zero attached hydrogens (tertiary/aromatic N) is 6. The van der Waals surface area contributed by atoms with Crippen LogP contribution >= 0.6 is 0 Å². The molecule has 0 N–H and O–H groups in total. The number of rotatable bonds is 5. The predicted octanol–water partition coefficient (Wildman–Crippen LogP) is 4.62. The lowest BCUT2D eigenvalue weighted by Gasteiger charge is -2.29. The quantitative estimate of drug-likeness (QED) is 0.413. The zero-order chi connectivity index (χ0) is 23.7. The van der Waals surface area contributed by atoms with Gasteiger partial charge in [-0.2, -0.15) is 5.26 Å². The van der Waals surface area contributed by atoms with Gasteiger partial charge in [0.05, 0.1) is 18.4 Å². The van der Waals surface area contributed by atoms with Crippen LogP contribution in [-0.2, 0) is 13.1 Å². The summed E-state index contributed by atoms with van der Waals surface area (Å²) in [5, 5.41) is 11.1. The highest BCUT2D eigenvalue weighted by atomic mass is 16.1. The van der Waals surface area contributed by atoms with Crippen molar-refractivity contribution in [2.24, 2.45) is 0 Å². The average molecular weight is 453 g/mol. The van der Waals surface area contributed by atoms with Crippen molar-refractivity contribution >= 4 is 27.8 Å².